The number of nitrogens with two attached hydrogens (primary N) is 1. The van der Waals surface area contributed by atoms with E-state index in [0.29, 0.717) is 5.56 Å². The molecule has 4 rings (SSSR count). The summed E-state index contributed by atoms with van der Waals surface area (Å²) in [7, 11) is -4.31. The number of benzene rings is 3. The summed E-state index contributed by atoms with van der Waals surface area (Å²) in [4.78, 5) is 5.57. The highest BCUT2D eigenvalue weighted by atomic mass is 35.5. The van der Waals surface area contributed by atoms with E-state index in [1.165, 1.54) is 24.3 Å². The first-order valence-corrected chi connectivity index (χ1v) is 11.1. The second-order valence-corrected chi connectivity index (χ2v) is 8.85. The number of nitrogens with one attached hydrogen (secondary N) is 1. The molecule has 3 aromatic carbocycles. The van der Waals surface area contributed by atoms with E-state index in [9.17, 15) is 21.6 Å². The molecule has 0 saturated carbocycles. The van der Waals surface area contributed by atoms with E-state index in [4.69, 9.17) is 16.7 Å². The van der Waals surface area contributed by atoms with Crippen LogP contribution in [0.15, 0.2) is 77.7 Å². The average molecular weight is 478 g/mol. The zero-order chi connectivity index (χ0) is 23.1. The third-order valence-corrected chi connectivity index (χ3v) is 6.05. The summed E-state index contributed by atoms with van der Waals surface area (Å²) in [5.74, 6) is -1.28. The molecule has 10 heteroatoms. The van der Waals surface area contributed by atoms with Crippen LogP contribution in [-0.2, 0) is 16.2 Å². The fraction of sp³-hybridized carbons (Fsp3) is 0.0455. The smallest absolute Gasteiger partial charge is 0.334 e. The van der Waals surface area contributed by atoms with Crippen molar-refractivity contribution >= 4 is 21.6 Å². The van der Waals surface area contributed by atoms with Gasteiger partial charge in [-0.25, -0.2) is 18.5 Å². The van der Waals surface area contributed by atoms with Gasteiger partial charge in [0.1, 0.15) is 0 Å². The minimum absolute atomic E-state index is 0.0508. The standard InChI is InChI=1S/C22H15ClF3N3O2S/c23-17-9-5-4-8-15(17)19-20(29-21(28-19)22(24,25)26)16-11-10-14(12-18(16)32(27,30)31)13-6-2-1-3-7-13/h1-12H,(H,28,29)(H2,27,30,31). The molecular formula is C22H15ClF3N3O2S. The Hall–Kier alpha value is -3.14. The molecule has 3 N–H and O–H groups in total. The molecule has 1 aromatic heterocycles. The molecule has 0 amide bonds. The lowest BCUT2D eigenvalue weighted by Gasteiger charge is -2.12. The van der Waals surface area contributed by atoms with E-state index in [0.717, 1.165) is 5.56 Å². The van der Waals surface area contributed by atoms with Crippen molar-refractivity contribution in [2.24, 2.45) is 5.14 Å². The molecule has 0 radical (unpaired) electrons. The van der Waals surface area contributed by atoms with Gasteiger partial charge in [0.25, 0.3) is 0 Å². The minimum Gasteiger partial charge on any atom is -0.334 e. The van der Waals surface area contributed by atoms with Gasteiger partial charge in [0.05, 0.1) is 21.3 Å². The number of aromatic nitrogens is 2. The molecule has 1 heterocycles. The normalized spacial score (nSPS) is 12.2. The molecule has 5 nitrogen and oxygen atoms in total. The lowest BCUT2D eigenvalue weighted by Crippen LogP contribution is -2.14. The number of H-pyrrole nitrogens is 1. The maximum absolute atomic E-state index is 13.5. The first-order valence-electron chi connectivity index (χ1n) is 9.20. The van der Waals surface area contributed by atoms with Crippen LogP contribution in [0.4, 0.5) is 13.2 Å². The van der Waals surface area contributed by atoms with Crippen LogP contribution in [0.5, 0.6) is 0 Å². The molecule has 0 spiro atoms. The van der Waals surface area contributed by atoms with Gasteiger partial charge in [-0.2, -0.15) is 13.2 Å². The molecule has 32 heavy (non-hydrogen) atoms. The van der Waals surface area contributed by atoms with Gasteiger partial charge in [-0.05, 0) is 23.3 Å². The van der Waals surface area contributed by atoms with Crippen molar-refractivity contribution in [1.29, 1.82) is 0 Å². The summed E-state index contributed by atoms with van der Waals surface area (Å²) in [6, 6.07) is 19.4. The van der Waals surface area contributed by atoms with Crippen molar-refractivity contribution in [2.75, 3.05) is 0 Å². The quantitative estimate of drug-likeness (QED) is 0.393. The molecule has 0 atom stereocenters. The van der Waals surface area contributed by atoms with Crippen LogP contribution in [0, 0.1) is 0 Å². The maximum atomic E-state index is 13.5. The van der Waals surface area contributed by atoms with Crippen molar-refractivity contribution in [1.82, 2.24) is 9.97 Å². The molecule has 0 unspecified atom stereocenters. The number of sulfonamides is 1. The van der Waals surface area contributed by atoms with E-state index in [-0.39, 0.29) is 32.4 Å². The monoisotopic (exact) mass is 477 g/mol. The predicted molar refractivity (Wildman–Crippen MR) is 116 cm³/mol. The first-order chi connectivity index (χ1) is 15.1. The molecule has 0 saturated heterocycles. The molecule has 0 aliphatic rings. The zero-order valence-electron chi connectivity index (χ0n) is 16.2. The molecule has 0 fully saturated rings. The third kappa shape index (κ3) is 4.27. The van der Waals surface area contributed by atoms with Crippen LogP contribution in [-0.4, -0.2) is 18.4 Å². The number of alkyl halides is 3. The van der Waals surface area contributed by atoms with E-state index in [1.54, 1.807) is 48.5 Å². The van der Waals surface area contributed by atoms with Gasteiger partial charge < -0.3 is 4.98 Å². The Bertz CT molecular complexity index is 1400. The highest BCUT2D eigenvalue weighted by molar-refractivity contribution is 7.89. The number of hydrogen-bond donors (Lipinski definition) is 2. The van der Waals surface area contributed by atoms with Crippen molar-refractivity contribution in [3.8, 4) is 33.6 Å². The highest BCUT2D eigenvalue weighted by Gasteiger charge is 2.37. The Labute approximate surface area is 186 Å². The second-order valence-electron chi connectivity index (χ2n) is 6.91. The van der Waals surface area contributed by atoms with E-state index in [1.807, 2.05) is 0 Å². The van der Waals surface area contributed by atoms with Crippen LogP contribution in [0.2, 0.25) is 5.02 Å². The van der Waals surface area contributed by atoms with Crippen molar-refractivity contribution < 1.29 is 21.6 Å². The summed E-state index contributed by atoms with van der Waals surface area (Å²) in [6.45, 7) is 0. The fourth-order valence-corrected chi connectivity index (χ4v) is 4.32. The SMILES string of the molecule is NS(=O)(=O)c1cc(-c2ccccc2)ccc1-c1[nH]c(C(F)(F)F)nc1-c1ccccc1Cl. The van der Waals surface area contributed by atoms with Gasteiger partial charge in [-0.3, -0.25) is 0 Å². The van der Waals surface area contributed by atoms with Crippen molar-refractivity contribution in [2.45, 2.75) is 11.1 Å². The molecule has 0 aliphatic carbocycles. The van der Waals surface area contributed by atoms with Gasteiger partial charge in [0.15, 0.2) is 0 Å². The van der Waals surface area contributed by atoms with Crippen LogP contribution < -0.4 is 5.14 Å². The third-order valence-electron chi connectivity index (χ3n) is 4.77. The lowest BCUT2D eigenvalue weighted by atomic mass is 10.0. The Morgan fingerprint density at radius 2 is 1.53 bits per heavy atom. The number of halogens is 4. The number of imidazole rings is 1. The summed E-state index contributed by atoms with van der Waals surface area (Å²) in [6.07, 6.45) is -4.79. The number of hydrogen-bond acceptors (Lipinski definition) is 3. The molecular weight excluding hydrogens is 463 g/mol. The van der Waals surface area contributed by atoms with Crippen LogP contribution in [0.1, 0.15) is 5.82 Å². The van der Waals surface area contributed by atoms with Gasteiger partial charge in [-0.15, -0.1) is 0 Å². The van der Waals surface area contributed by atoms with Gasteiger partial charge in [0, 0.05) is 11.1 Å². The summed E-state index contributed by atoms with van der Waals surface area (Å²) < 4.78 is 65.2. The zero-order valence-corrected chi connectivity index (χ0v) is 17.8. The van der Waals surface area contributed by atoms with E-state index < -0.39 is 22.0 Å². The van der Waals surface area contributed by atoms with E-state index >= 15 is 0 Å². The largest absolute Gasteiger partial charge is 0.449 e. The number of primary sulfonamides is 1. The summed E-state index contributed by atoms with van der Waals surface area (Å²) in [5.41, 5.74) is 1.12. The Morgan fingerprint density at radius 1 is 0.875 bits per heavy atom. The Balaban J connectivity index is 2.01. The lowest BCUT2D eigenvalue weighted by molar-refractivity contribution is -0.144. The number of nitrogens with zero attached hydrogens (tertiary/aromatic N) is 1. The molecule has 0 aliphatic heterocycles. The van der Waals surface area contributed by atoms with Gasteiger partial charge in [0.2, 0.25) is 15.8 Å². The van der Waals surface area contributed by atoms with Crippen LogP contribution in [0.25, 0.3) is 33.6 Å². The van der Waals surface area contributed by atoms with Crippen molar-refractivity contribution in [3.63, 3.8) is 0 Å². The van der Waals surface area contributed by atoms with E-state index in [2.05, 4.69) is 9.97 Å². The van der Waals surface area contributed by atoms with Crippen LogP contribution >= 0.6 is 11.6 Å². The fourth-order valence-electron chi connectivity index (χ4n) is 3.32. The second kappa shape index (κ2) is 8.09. The molecule has 164 valence electrons. The minimum atomic E-state index is -4.79. The summed E-state index contributed by atoms with van der Waals surface area (Å²) in [5, 5.41) is 5.60. The maximum Gasteiger partial charge on any atom is 0.449 e. The first kappa shape index (κ1) is 22.1. The van der Waals surface area contributed by atoms with Gasteiger partial charge >= 0.3 is 6.18 Å². The summed E-state index contributed by atoms with van der Waals surface area (Å²) >= 11 is 6.20. The van der Waals surface area contributed by atoms with Crippen molar-refractivity contribution in [3.05, 3.63) is 83.6 Å². The molecule has 4 aromatic rings. The topological polar surface area (TPSA) is 88.8 Å². The number of rotatable bonds is 4. The number of aromatic amines is 1. The Morgan fingerprint density at radius 3 is 2.16 bits per heavy atom. The Kier molecular flexibility index (Phi) is 5.58. The average Bonchev–Trinajstić information content (AvgIpc) is 3.19. The highest BCUT2D eigenvalue weighted by Crippen LogP contribution is 2.40. The predicted octanol–water partition coefficient (Wildman–Crippen LogP) is 5.73. The van der Waals surface area contributed by atoms with Crippen LogP contribution in [0.3, 0.4) is 0 Å². The molecule has 0 bridgehead atoms. The van der Waals surface area contributed by atoms with Gasteiger partial charge in [-0.1, -0.05) is 72.3 Å².